The van der Waals surface area contributed by atoms with Crippen LogP contribution in [-0.2, 0) is 0 Å². The van der Waals surface area contributed by atoms with Gasteiger partial charge in [-0.3, -0.25) is 14.9 Å². The molecule has 0 atom stereocenters. The molecule has 0 saturated heterocycles. The van der Waals surface area contributed by atoms with E-state index in [0.717, 1.165) is 4.68 Å². The second-order valence-corrected chi connectivity index (χ2v) is 8.23. The highest BCUT2D eigenvalue weighted by atomic mass is 16.6. The first-order valence-corrected chi connectivity index (χ1v) is 11.7. The van der Waals surface area contributed by atoms with Gasteiger partial charge in [0.2, 0.25) is 11.6 Å². The summed E-state index contributed by atoms with van der Waals surface area (Å²) in [5, 5.41) is 17.2. The van der Waals surface area contributed by atoms with Gasteiger partial charge in [-0.05, 0) is 36.4 Å². The second kappa shape index (κ2) is 10.5. The predicted molar refractivity (Wildman–Crippen MR) is 146 cm³/mol. The Kier molecular flexibility index (Phi) is 6.79. The van der Waals surface area contributed by atoms with Gasteiger partial charge in [0.05, 0.1) is 41.6 Å². The van der Waals surface area contributed by atoms with Crippen molar-refractivity contribution in [2.24, 2.45) is 5.10 Å². The maximum atomic E-state index is 13.5. The Bertz CT molecular complexity index is 1820. The van der Waals surface area contributed by atoms with E-state index in [0.29, 0.717) is 33.2 Å². The number of ether oxygens (including phenoxy) is 3. The van der Waals surface area contributed by atoms with Crippen molar-refractivity contribution in [3.63, 3.8) is 0 Å². The molecule has 0 N–H and O–H groups in total. The van der Waals surface area contributed by atoms with Crippen LogP contribution in [0.1, 0.15) is 5.56 Å². The third-order valence-electron chi connectivity index (χ3n) is 5.86. The minimum Gasteiger partial charge on any atom is -0.496 e. The molecule has 39 heavy (non-hydrogen) atoms. The second-order valence-electron chi connectivity index (χ2n) is 8.23. The number of fused-ring (bicyclic) bond motifs is 2. The van der Waals surface area contributed by atoms with Gasteiger partial charge >= 0.3 is 5.69 Å². The molecule has 3 aromatic carbocycles. The fourth-order valence-electron chi connectivity index (χ4n) is 4.09. The highest BCUT2D eigenvalue weighted by Crippen LogP contribution is 2.38. The van der Waals surface area contributed by atoms with Crippen molar-refractivity contribution in [2.75, 3.05) is 20.8 Å². The number of nitrogens with zero attached hydrogens (tertiary/aromatic N) is 4. The maximum Gasteiger partial charge on any atom is 0.315 e. The number of nitro benzene ring substituents is 1. The number of hydrogen-bond acceptors (Lipinski definition) is 9. The first-order chi connectivity index (χ1) is 18.9. The number of para-hydroxylation sites is 1. The lowest BCUT2D eigenvalue weighted by Crippen LogP contribution is -2.20. The van der Waals surface area contributed by atoms with Crippen LogP contribution >= 0.6 is 0 Å². The van der Waals surface area contributed by atoms with Gasteiger partial charge in [-0.25, -0.2) is 4.98 Å². The summed E-state index contributed by atoms with van der Waals surface area (Å²) in [6, 6.07) is 16.7. The molecular formula is C28H22N4O7. The smallest absolute Gasteiger partial charge is 0.315 e. The van der Waals surface area contributed by atoms with E-state index >= 15 is 0 Å². The Morgan fingerprint density at radius 3 is 2.62 bits per heavy atom. The van der Waals surface area contributed by atoms with Gasteiger partial charge in [-0.1, -0.05) is 30.9 Å². The van der Waals surface area contributed by atoms with E-state index in [2.05, 4.69) is 16.7 Å². The first kappa shape index (κ1) is 25.2. The van der Waals surface area contributed by atoms with Gasteiger partial charge in [0, 0.05) is 11.6 Å². The number of hydrogen-bond donors (Lipinski definition) is 0. The minimum atomic E-state index is -0.588. The van der Waals surface area contributed by atoms with Gasteiger partial charge in [-0.2, -0.15) is 9.78 Å². The van der Waals surface area contributed by atoms with Crippen LogP contribution in [0.5, 0.6) is 17.2 Å². The largest absolute Gasteiger partial charge is 0.496 e. The van der Waals surface area contributed by atoms with Crippen molar-refractivity contribution in [1.82, 2.24) is 9.66 Å². The van der Waals surface area contributed by atoms with E-state index in [-0.39, 0.29) is 35.4 Å². The average Bonchev–Trinajstić information content (AvgIpc) is 3.39. The predicted octanol–water partition coefficient (Wildman–Crippen LogP) is 5.18. The molecule has 2 aromatic heterocycles. The van der Waals surface area contributed by atoms with E-state index in [1.165, 1.54) is 31.5 Å². The molecule has 0 aliphatic carbocycles. The Morgan fingerprint density at radius 1 is 1.08 bits per heavy atom. The standard InChI is InChI=1S/C28H22N4O7/c1-4-12-38-26-21(32(34)35)13-17(14-24(26)37-3)16-29-31-27(30-20-9-6-5-8-18(20)28(31)33)25-15-19-22(36-2)10-7-11-23(19)39-25/h4-11,13-16H,1,12H2,2-3H3. The molecule has 0 unspecified atom stereocenters. The maximum absolute atomic E-state index is 13.5. The molecule has 0 amide bonds. The molecule has 196 valence electrons. The molecular weight excluding hydrogens is 504 g/mol. The summed E-state index contributed by atoms with van der Waals surface area (Å²) < 4.78 is 23.3. The minimum absolute atomic E-state index is 0.0407. The lowest BCUT2D eigenvalue weighted by atomic mass is 10.2. The van der Waals surface area contributed by atoms with Crippen molar-refractivity contribution in [3.05, 3.63) is 99.4 Å². The average molecular weight is 527 g/mol. The molecule has 5 rings (SSSR count). The Labute approximate surface area is 221 Å². The summed E-state index contributed by atoms with van der Waals surface area (Å²) in [4.78, 5) is 29.4. The first-order valence-electron chi connectivity index (χ1n) is 11.7. The van der Waals surface area contributed by atoms with E-state index in [9.17, 15) is 14.9 Å². The summed E-state index contributed by atoms with van der Waals surface area (Å²) in [5.74, 6) is 1.10. The zero-order chi connectivity index (χ0) is 27.5. The number of nitro groups is 1. The van der Waals surface area contributed by atoms with E-state index in [1.807, 2.05) is 0 Å². The van der Waals surface area contributed by atoms with Crippen LogP contribution in [0, 0.1) is 10.1 Å². The highest BCUT2D eigenvalue weighted by Gasteiger charge is 2.22. The van der Waals surface area contributed by atoms with Gasteiger partial charge in [0.15, 0.2) is 11.5 Å². The third-order valence-corrected chi connectivity index (χ3v) is 5.86. The zero-order valence-corrected chi connectivity index (χ0v) is 21.0. The van der Waals surface area contributed by atoms with Crippen molar-refractivity contribution >= 4 is 33.8 Å². The van der Waals surface area contributed by atoms with Crippen LogP contribution in [0.3, 0.4) is 0 Å². The summed E-state index contributed by atoms with van der Waals surface area (Å²) in [5.41, 5.74) is 0.509. The lowest BCUT2D eigenvalue weighted by Gasteiger charge is -2.11. The van der Waals surface area contributed by atoms with Crippen LogP contribution in [0.2, 0.25) is 0 Å². The number of methoxy groups -OCH3 is 2. The molecule has 0 fully saturated rings. The van der Waals surface area contributed by atoms with E-state index in [1.54, 1.807) is 55.6 Å². The number of rotatable bonds is 9. The van der Waals surface area contributed by atoms with E-state index in [4.69, 9.17) is 18.6 Å². The topological polar surface area (TPSA) is 131 Å². The van der Waals surface area contributed by atoms with E-state index < -0.39 is 10.5 Å². The molecule has 0 spiro atoms. The Hall–Kier alpha value is -5.45. The quantitative estimate of drug-likeness (QED) is 0.111. The van der Waals surface area contributed by atoms with Crippen LogP contribution in [-0.4, -0.2) is 41.6 Å². The third kappa shape index (κ3) is 4.68. The normalized spacial score (nSPS) is 11.2. The van der Waals surface area contributed by atoms with Crippen LogP contribution in [0.25, 0.3) is 33.5 Å². The monoisotopic (exact) mass is 526 g/mol. The molecule has 11 nitrogen and oxygen atoms in total. The van der Waals surface area contributed by atoms with Crippen LogP contribution in [0.15, 0.2) is 87.6 Å². The Balaban J connectivity index is 1.69. The summed E-state index contributed by atoms with van der Waals surface area (Å²) in [6.07, 6.45) is 2.77. The summed E-state index contributed by atoms with van der Waals surface area (Å²) in [6.45, 7) is 3.61. The number of benzene rings is 3. The van der Waals surface area contributed by atoms with Crippen molar-refractivity contribution in [3.8, 4) is 28.8 Å². The fourth-order valence-corrected chi connectivity index (χ4v) is 4.09. The summed E-state index contributed by atoms with van der Waals surface area (Å²) in [7, 11) is 2.92. The van der Waals surface area contributed by atoms with Crippen LogP contribution in [0.4, 0.5) is 5.69 Å². The molecule has 5 aromatic rings. The lowest BCUT2D eigenvalue weighted by molar-refractivity contribution is -0.385. The van der Waals surface area contributed by atoms with Crippen molar-refractivity contribution in [2.45, 2.75) is 0 Å². The van der Waals surface area contributed by atoms with Gasteiger partial charge < -0.3 is 18.6 Å². The Morgan fingerprint density at radius 2 is 1.87 bits per heavy atom. The highest BCUT2D eigenvalue weighted by molar-refractivity contribution is 5.89. The molecule has 2 heterocycles. The molecule has 0 aliphatic heterocycles. The SMILES string of the molecule is C=CCOc1c(OC)cc(C=Nn2c(-c3cc4c(OC)cccc4o3)nc3ccccc3c2=O)cc1[N+](=O)[O-]. The van der Waals surface area contributed by atoms with Crippen molar-refractivity contribution < 1.29 is 23.6 Å². The van der Waals surface area contributed by atoms with Gasteiger partial charge in [0.1, 0.15) is 17.9 Å². The fraction of sp³-hybridized carbons (Fsp3) is 0.107. The van der Waals surface area contributed by atoms with Gasteiger partial charge in [-0.15, -0.1) is 0 Å². The molecule has 11 heteroatoms. The zero-order valence-electron chi connectivity index (χ0n) is 21.0. The summed E-state index contributed by atoms with van der Waals surface area (Å²) >= 11 is 0. The molecule has 0 aliphatic rings. The molecule has 0 saturated carbocycles. The number of furan rings is 1. The molecule has 0 radical (unpaired) electrons. The van der Waals surface area contributed by atoms with Crippen LogP contribution < -0.4 is 19.8 Å². The van der Waals surface area contributed by atoms with Gasteiger partial charge in [0.25, 0.3) is 5.56 Å². The van der Waals surface area contributed by atoms with Crippen molar-refractivity contribution in [1.29, 1.82) is 0 Å². The molecule has 0 bridgehead atoms. The number of aromatic nitrogens is 2.